The maximum absolute atomic E-state index is 12.5. The molecule has 0 aliphatic heterocycles. The minimum atomic E-state index is -1.10. The zero-order valence-electron chi connectivity index (χ0n) is 14.4. The molecule has 0 fully saturated rings. The van der Waals surface area contributed by atoms with Crippen LogP contribution >= 0.6 is 27.3 Å². The monoisotopic (exact) mass is 455 g/mol. The van der Waals surface area contributed by atoms with Crippen LogP contribution in [0.3, 0.4) is 0 Å². The summed E-state index contributed by atoms with van der Waals surface area (Å²) in [6.07, 6.45) is 2.02. The number of carboxylic acids is 1. The fourth-order valence-corrected chi connectivity index (χ4v) is 4.10. The fourth-order valence-electron chi connectivity index (χ4n) is 2.87. The second-order valence-electron chi connectivity index (χ2n) is 6.09. The van der Waals surface area contributed by atoms with E-state index in [1.165, 1.54) is 17.4 Å². The van der Waals surface area contributed by atoms with E-state index in [9.17, 15) is 14.7 Å². The normalized spacial score (nSPS) is 10.9. The average molecular weight is 456 g/mol. The van der Waals surface area contributed by atoms with Crippen LogP contribution in [0.4, 0.5) is 5.69 Å². The van der Waals surface area contributed by atoms with Crippen LogP contribution in [0.1, 0.15) is 16.1 Å². The maximum atomic E-state index is 12.5. The number of rotatable bonds is 5. The zero-order chi connectivity index (χ0) is 19.7. The second kappa shape index (κ2) is 7.57. The molecule has 0 atom stereocenters. The number of halogens is 1. The number of nitrogens with zero attached hydrogens (tertiary/aromatic N) is 2. The molecule has 2 aromatic carbocycles. The fraction of sp³-hybridized carbons (Fsp3) is 0.0500. The Morgan fingerprint density at radius 1 is 1.18 bits per heavy atom. The Labute approximate surface area is 172 Å². The van der Waals surface area contributed by atoms with Crippen LogP contribution in [0, 0.1) is 0 Å². The average Bonchev–Trinajstić information content (AvgIpc) is 3.26. The topological polar surface area (TPSA) is 83.7 Å². The van der Waals surface area contributed by atoms with Crippen LogP contribution in [-0.2, 0) is 11.2 Å². The number of imidazole rings is 1. The number of amides is 1. The number of benzene rings is 2. The molecule has 6 nitrogen and oxygen atoms in total. The number of nitrogens with one attached hydrogen (secondary N) is 1. The van der Waals surface area contributed by atoms with Gasteiger partial charge in [-0.15, -0.1) is 11.3 Å². The first-order chi connectivity index (χ1) is 13.5. The highest BCUT2D eigenvalue weighted by atomic mass is 79.9. The summed E-state index contributed by atoms with van der Waals surface area (Å²) in [6, 6.07) is 14.5. The predicted octanol–water partition coefficient (Wildman–Crippen LogP) is 4.70. The molecule has 0 aliphatic carbocycles. The molecule has 0 radical (unpaired) electrons. The zero-order valence-corrected chi connectivity index (χ0v) is 16.8. The van der Waals surface area contributed by atoms with Gasteiger partial charge in [-0.2, -0.15) is 0 Å². The quantitative estimate of drug-likeness (QED) is 0.456. The lowest BCUT2D eigenvalue weighted by atomic mass is 10.1. The van der Waals surface area contributed by atoms with Gasteiger partial charge in [-0.1, -0.05) is 46.3 Å². The summed E-state index contributed by atoms with van der Waals surface area (Å²) in [7, 11) is 0. The van der Waals surface area contributed by atoms with Crippen LogP contribution in [-0.4, -0.2) is 26.4 Å². The summed E-state index contributed by atoms with van der Waals surface area (Å²) in [5.74, 6) is -1.39. The molecule has 0 bridgehead atoms. The van der Waals surface area contributed by atoms with E-state index in [1.54, 1.807) is 12.1 Å². The second-order valence-corrected chi connectivity index (χ2v) is 7.84. The Hall–Kier alpha value is -2.97. The van der Waals surface area contributed by atoms with Crippen LogP contribution < -0.4 is 5.32 Å². The number of carboxylic acid groups (broad SMARTS) is 1. The van der Waals surface area contributed by atoms with Gasteiger partial charge in [0.1, 0.15) is 0 Å². The maximum Gasteiger partial charge on any atom is 0.337 e. The number of thiazole rings is 1. The van der Waals surface area contributed by atoms with Crippen molar-refractivity contribution in [2.24, 2.45) is 0 Å². The van der Waals surface area contributed by atoms with Crippen molar-refractivity contribution in [3.8, 4) is 11.3 Å². The first-order valence-electron chi connectivity index (χ1n) is 8.35. The highest BCUT2D eigenvalue weighted by molar-refractivity contribution is 9.10. The molecule has 4 aromatic rings. The van der Waals surface area contributed by atoms with Crippen molar-refractivity contribution in [2.75, 3.05) is 5.32 Å². The summed E-state index contributed by atoms with van der Waals surface area (Å²) in [5, 5.41) is 13.9. The van der Waals surface area contributed by atoms with E-state index in [2.05, 4.69) is 26.2 Å². The third-order valence-electron chi connectivity index (χ3n) is 4.18. The Bertz CT molecular complexity index is 1180. The number of aromatic nitrogens is 2. The van der Waals surface area contributed by atoms with Gasteiger partial charge in [0.05, 0.1) is 23.4 Å². The van der Waals surface area contributed by atoms with E-state index in [1.807, 2.05) is 46.3 Å². The molecule has 0 aliphatic rings. The molecule has 2 N–H and O–H groups in total. The van der Waals surface area contributed by atoms with Crippen molar-refractivity contribution in [3.63, 3.8) is 0 Å². The Kier molecular flexibility index (Phi) is 4.97. The molecular weight excluding hydrogens is 442 g/mol. The molecular formula is C20H14BrN3O3S. The van der Waals surface area contributed by atoms with E-state index in [4.69, 9.17) is 0 Å². The molecule has 2 aromatic heterocycles. The Morgan fingerprint density at radius 2 is 1.96 bits per heavy atom. The smallest absolute Gasteiger partial charge is 0.337 e. The van der Waals surface area contributed by atoms with Crippen LogP contribution in [0.15, 0.2) is 64.6 Å². The van der Waals surface area contributed by atoms with Gasteiger partial charge in [-0.05, 0) is 18.2 Å². The van der Waals surface area contributed by atoms with Crippen LogP contribution in [0.5, 0.6) is 0 Å². The van der Waals surface area contributed by atoms with Crippen LogP contribution in [0.25, 0.3) is 16.2 Å². The molecule has 0 spiro atoms. The first kappa shape index (κ1) is 18.4. The molecule has 0 saturated carbocycles. The SMILES string of the molecule is O=C(Cc1csc2nc(-c3ccccc3)cn12)Nc1ccc(Br)cc1C(=O)O. The lowest BCUT2D eigenvalue weighted by Gasteiger charge is -2.08. The molecule has 28 heavy (non-hydrogen) atoms. The number of carbonyl (C=O) groups is 2. The predicted molar refractivity (Wildman–Crippen MR) is 112 cm³/mol. The third kappa shape index (κ3) is 3.69. The van der Waals surface area contributed by atoms with Gasteiger partial charge in [0, 0.05) is 27.3 Å². The number of hydrogen-bond donors (Lipinski definition) is 2. The number of aromatic carboxylic acids is 1. The summed E-state index contributed by atoms with van der Waals surface area (Å²) in [5.41, 5.74) is 2.95. The third-order valence-corrected chi connectivity index (χ3v) is 5.56. The standard InChI is InChI=1S/C20H14BrN3O3S/c21-13-6-7-16(15(8-13)19(26)27)22-18(25)9-14-11-28-20-23-17(10-24(14)20)12-4-2-1-3-5-12/h1-8,10-11H,9H2,(H,22,25)(H,26,27). The summed E-state index contributed by atoms with van der Waals surface area (Å²) >= 11 is 4.70. The van der Waals surface area contributed by atoms with Gasteiger partial charge >= 0.3 is 5.97 Å². The van der Waals surface area contributed by atoms with E-state index < -0.39 is 5.97 Å². The first-order valence-corrected chi connectivity index (χ1v) is 10.0. The van der Waals surface area contributed by atoms with E-state index >= 15 is 0 Å². The van der Waals surface area contributed by atoms with Crippen molar-refractivity contribution in [2.45, 2.75) is 6.42 Å². The molecule has 0 unspecified atom stereocenters. The summed E-state index contributed by atoms with van der Waals surface area (Å²) in [4.78, 5) is 29.3. The summed E-state index contributed by atoms with van der Waals surface area (Å²) in [6.45, 7) is 0. The molecule has 0 saturated heterocycles. The highest BCUT2D eigenvalue weighted by Gasteiger charge is 2.16. The molecule has 140 valence electrons. The van der Waals surface area contributed by atoms with Crippen molar-refractivity contribution in [1.82, 2.24) is 9.38 Å². The van der Waals surface area contributed by atoms with E-state index in [-0.39, 0.29) is 23.6 Å². The van der Waals surface area contributed by atoms with Gasteiger partial charge < -0.3 is 10.4 Å². The Balaban J connectivity index is 1.56. The van der Waals surface area contributed by atoms with Gasteiger partial charge in [0.15, 0.2) is 4.96 Å². The van der Waals surface area contributed by atoms with Gasteiger partial charge in [0.2, 0.25) is 5.91 Å². The van der Waals surface area contributed by atoms with Crippen LogP contribution in [0.2, 0.25) is 0 Å². The van der Waals surface area contributed by atoms with Crippen molar-refractivity contribution < 1.29 is 14.7 Å². The van der Waals surface area contributed by atoms with E-state index in [0.29, 0.717) is 4.47 Å². The van der Waals surface area contributed by atoms with Gasteiger partial charge in [0.25, 0.3) is 0 Å². The lowest BCUT2D eigenvalue weighted by molar-refractivity contribution is -0.115. The Morgan fingerprint density at radius 3 is 2.71 bits per heavy atom. The van der Waals surface area contributed by atoms with Gasteiger partial charge in [-0.25, -0.2) is 9.78 Å². The largest absolute Gasteiger partial charge is 0.478 e. The number of fused-ring (bicyclic) bond motifs is 1. The molecule has 4 rings (SSSR count). The minimum Gasteiger partial charge on any atom is -0.478 e. The molecule has 8 heteroatoms. The number of carbonyl (C=O) groups excluding carboxylic acids is 1. The molecule has 1 amide bonds. The van der Waals surface area contributed by atoms with E-state index in [0.717, 1.165) is 21.9 Å². The number of anilines is 1. The summed E-state index contributed by atoms with van der Waals surface area (Å²) < 4.78 is 2.53. The van der Waals surface area contributed by atoms with Crippen molar-refractivity contribution in [1.29, 1.82) is 0 Å². The molecule has 2 heterocycles. The highest BCUT2D eigenvalue weighted by Crippen LogP contribution is 2.25. The van der Waals surface area contributed by atoms with Gasteiger partial charge in [-0.3, -0.25) is 9.20 Å². The lowest BCUT2D eigenvalue weighted by Crippen LogP contribution is -2.17. The number of hydrogen-bond acceptors (Lipinski definition) is 4. The van der Waals surface area contributed by atoms with Crippen molar-refractivity contribution in [3.05, 3.63) is 75.8 Å². The van der Waals surface area contributed by atoms with Crippen molar-refractivity contribution >= 4 is 49.8 Å². The minimum absolute atomic E-state index is 0.0344.